The SMILES string of the molecule is C=C=CC(=O)NCc1cn(C(C)(C)C)nn1. The number of aromatic nitrogens is 3. The van der Waals surface area contributed by atoms with Crippen LogP contribution < -0.4 is 5.32 Å². The van der Waals surface area contributed by atoms with Crippen molar-refractivity contribution in [3.8, 4) is 0 Å². The molecule has 0 saturated heterocycles. The van der Waals surface area contributed by atoms with Gasteiger partial charge in [-0.2, -0.15) is 0 Å². The van der Waals surface area contributed by atoms with E-state index in [1.54, 1.807) is 4.68 Å². The summed E-state index contributed by atoms with van der Waals surface area (Å²) in [5.41, 5.74) is 3.03. The molecule has 1 amide bonds. The third-order valence-electron chi connectivity index (χ3n) is 1.91. The molecule has 0 aliphatic rings. The predicted octanol–water partition coefficient (Wildman–Crippen LogP) is 0.990. The second-order valence-electron chi connectivity index (χ2n) is 4.39. The van der Waals surface area contributed by atoms with E-state index >= 15 is 0 Å². The largest absolute Gasteiger partial charge is 0.346 e. The second kappa shape index (κ2) is 4.77. The number of hydrogen-bond acceptors (Lipinski definition) is 3. The van der Waals surface area contributed by atoms with Crippen molar-refractivity contribution in [3.05, 3.63) is 30.3 Å². The van der Waals surface area contributed by atoms with Crippen molar-refractivity contribution in [3.63, 3.8) is 0 Å². The first-order valence-electron chi connectivity index (χ1n) is 4.99. The summed E-state index contributed by atoms with van der Waals surface area (Å²) in [4.78, 5) is 11.1. The quantitative estimate of drug-likeness (QED) is 0.610. The zero-order valence-corrected chi connectivity index (χ0v) is 9.82. The van der Waals surface area contributed by atoms with Gasteiger partial charge in [-0.1, -0.05) is 11.8 Å². The molecule has 0 aliphatic carbocycles. The Hall–Kier alpha value is -1.87. The first-order chi connectivity index (χ1) is 7.43. The van der Waals surface area contributed by atoms with Gasteiger partial charge in [-0.3, -0.25) is 4.79 Å². The maximum absolute atomic E-state index is 11.1. The molecule has 1 heterocycles. The van der Waals surface area contributed by atoms with Gasteiger partial charge >= 0.3 is 0 Å². The van der Waals surface area contributed by atoms with Crippen molar-refractivity contribution in [2.75, 3.05) is 0 Å². The summed E-state index contributed by atoms with van der Waals surface area (Å²) < 4.78 is 1.76. The highest BCUT2D eigenvalue weighted by atomic mass is 16.1. The third-order valence-corrected chi connectivity index (χ3v) is 1.91. The lowest BCUT2D eigenvalue weighted by atomic mass is 10.1. The Bertz CT molecular complexity index is 421. The lowest BCUT2D eigenvalue weighted by Crippen LogP contribution is -2.22. The molecule has 1 rings (SSSR count). The molecular formula is C11H16N4O. The van der Waals surface area contributed by atoms with E-state index in [-0.39, 0.29) is 11.4 Å². The third kappa shape index (κ3) is 3.37. The smallest absolute Gasteiger partial charge is 0.252 e. The van der Waals surface area contributed by atoms with Crippen LogP contribution in [0.2, 0.25) is 0 Å². The fourth-order valence-electron chi connectivity index (χ4n) is 1.03. The standard InChI is InChI=1S/C11H16N4O/c1-5-6-10(16)12-7-9-8-15(14-13-9)11(2,3)4/h6,8H,1,7H2,2-4H3,(H,12,16). The fourth-order valence-corrected chi connectivity index (χ4v) is 1.03. The van der Waals surface area contributed by atoms with Gasteiger partial charge in [-0.15, -0.1) is 10.8 Å². The second-order valence-corrected chi connectivity index (χ2v) is 4.39. The molecule has 86 valence electrons. The van der Waals surface area contributed by atoms with Gasteiger partial charge in [-0.25, -0.2) is 4.68 Å². The van der Waals surface area contributed by atoms with Crippen LogP contribution in [0.15, 0.2) is 24.6 Å². The Morgan fingerprint density at radius 1 is 1.69 bits per heavy atom. The molecule has 5 heteroatoms. The highest BCUT2D eigenvalue weighted by molar-refractivity contribution is 5.87. The van der Waals surface area contributed by atoms with E-state index in [0.717, 1.165) is 5.69 Å². The fraction of sp³-hybridized carbons (Fsp3) is 0.455. The van der Waals surface area contributed by atoms with Gasteiger partial charge in [0.05, 0.1) is 18.3 Å². The van der Waals surface area contributed by atoms with Crippen molar-refractivity contribution in [2.24, 2.45) is 0 Å². The van der Waals surface area contributed by atoms with E-state index in [0.29, 0.717) is 6.54 Å². The Morgan fingerprint density at radius 3 is 2.88 bits per heavy atom. The van der Waals surface area contributed by atoms with Gasteiger partial charge in [0, 0.05) is 6.08 Å². The summed E-state index contributed by atoms with van der Waals surface area (Å²) in [7, 11) is 0. The average molecular weight is 220 g/mol. The highest BCUT2D eigenvalue weighted by Crippen LogP contribution is 2.11. The van der Waals surface area contributed by atoms with Crippen molar-refractivity contribution in [2.45, 2.75) is 32.9 Å². The van der Waals surface area contributed by atoms with E-state index < -0.39 is 0 Å². The summed E-state index contributed by atoms with van der Waals surface area (Å²) in [6.07, 6.45) is 3.06. The van der Waals surface area contributed by atoms with Crippen LogP contribution in [0.25, 0.3) is 0 Å². The summed E-state index contributed by atoms with van der Waals surface area (Å²) in [6, 6.07) is 0. The topological polar surface area (TPSA) is 59.8 Å². The van der Waals surface area contributed by atoms with E-state index in [4.69, 9.17) is 0 Å². The van der Waals surface area contributed by atoms with Gasteiger partial charge in [0.1, 0.15) is 5.69 Å². The summed E-state index contributed by atoms with van der Waals surface area (Å²) in [5, 5.41) is 10.6. The van der Waals surface area contributed by atoms with Crippen molar-refractivity contribution in [1.29, 1.82) is 0 Å². The molecule has 1 aromatic rings. The van der Waals surface area contributed by atoms with Crippen molar-refractivity contribution >= 4 is 5.91 Å². The molecule has 0 unspecified atom stereocenters. The Balaban J connectivity index is 2.60. The molecule has 0 aromatic carbocycles. The molecule has 5 nitrogen and oxygen atoms in total. The number of carbonyl (C=O) groups excluding carboxylic acids is 1. The molecule has 1 N–H and O–H groups in total. The van der Waals surface area contributed by atoms with E-state index in [2.05, 4.69) is 27.9 Å². The van der Waals surface area contributed by atoms with Crippen LogP contribution in [0.1, 0.15) is 26.5 Å². The van der Waals surface area contributed by atoms with Crippen LogP contribution in [-0.4, -0.2) is 20.9 Å². The van der Waals surface area contributed by atoms with Crippen LogP contribution in [0.5, 0.6) is 0 Å². The molecule has 16 heavy (non-hydrogen) atoms. The molecule has 0 atom stereocenters. The number of rotatable bonds is 3. The molecule has 0 saturated carbocycles. The first kappa shape index (κ1) is 12.2. The maximum Gasteiger partial charge on any atom is 0.252 e. The average Bonchev–Trinajstić information content (AvgIpc) is 2.63. The highest BCUT2D eigenvalue weighted by Gasteiger charge is 2.14. The molecule has 0 aliphatic heterocycles. The number of carbonyl (C=O) groups is 1. The van der Waals surface area contributed by atoms with Crippen molar-refractivity contribution < 1.29 is 4.79 Å². The number of hydrogen-bond donors (Lipinski definition) is 1. The normalized spacial score (nSPS) is 10.7. The molecule has 0 bridgehead atoms. The first-order valence-corrected chi connectivity index (χ1v) is 4.99. The number of amides is 1. The van der Waals surface area contributed by atoms with E-state index in [1.807, 2.05) is 27.0 Å². The maximum atomic E-state index is 11.1. The van der Waals surface area contributed by atoms with Crippen molar-refractivity contribution in [1.82, 2.24) is 20.3 Å². The molecule has 1 aromatic heterocycles. The van der Waals surface area contributed by atoms with Crippen LogP contribution >= 0.6 is 0 Å². The lowest BCUT2D eigenvalue weighted by Gasteiger charge is -2.17. The zero-order chi connectivity index (χ0) is 12.2. The Kier molecular flexibility index (Phi) is 3.64. The minimum atomic E-state index is -0.236. The van der Waals surface area contributed by atoms with Crippen LogP contribution in [0.3, 0.4) is 0 Å². The van der Waals surface area contributed by atoms with Gasteiger partial charge < -0.3 is 5.32 Å². The molecular weight excluding hydrogens is 204 g/mol. The van der Waals surface area contributed by atoms with Gasteiger partial charge in [0.15, 0.2) is 0 Å². The number of nitrogens with one attached hydrogen (secondary N) is 1. The monoisotopic (exact) mass is 220 g/mol. The zero-order valence-electron chi connectivity index (χ0n) is 9.82. The van der Waals surface area contributed by atoms with Gasteiger partial charge in [0.2, 0.25) is 0 Å². The van der Waals surface area contributed by atoms with Gasteiger partial charge in [0.25, 0.3) is 5.91 Å². The molecule has 0 fully saturated rings. The summed E-state index contributed by atoms with van der Waals surface area (Å²) >= 11 is 0. The minimum absolute atomic E-state index is 0.101. The predicted molar refractivity (Wildman–Crippen MR) is 60.6 cm³/mol. The minimum Gasteiger partial charge on any atom is -0.346 e. The summed E-state index contributed by atoms with van der Waals surface area (Å²) in [6.45, 7) is 9.77. The van der Waals surface area contributed by atoms with Gasteiger partial charge in [-0.05, 0) is 20.8 Å². The van der Waals surface area contributed by atoms with E-state index in [9.17, 15) is 4.79 Å². The Morgan fingerprint density at radius 2 is 2.38 bits per heavy atom. The van der Waals surface area contributed by atoms with Crippen LogP contribution in [0, 0.1) is 0 Å². The molecule has 0 radical (unpaired) electrons. The van der Waals surface area contributed by atoms with Crippen LogP contribution in [-0.2, 0) is 16.9 Å². The molecule has 0 spiro atoms. The van der Waals surface area contributed by atoms with E-state index in [1.165, 1.54) is 6.08 Å². The lowest BCUT2D eigenvalue weighted by molar-refractivity contribution is -0.116. The summed E-state index contributed by atoms with van der Waals surface area (Å²) in [5.74, 6) is -0.236. The Labute approximate surface area is 94.8 Å². The van der Waals surface area contributed by atoms with Crippen LogP contribution in [0.4, 0.5) is 0 Å². The number of nitrogens with zero attached hydrogens (tertiary/aromatic N) is 3.